The molecule has 0 radical (unpaired) electrons. The highest BCUT2D eigenvalue weighted by molar-refractivity contribution is 5.70. The molecule has 1 saturated heterocycles. The van der Waals surface area contributed by atoms with E-state index in [0.29, 0.717) is 19.7 Å². The summed E-state index contributed by atoms with van der Waals surface area (Å²) >= 11 is 0. The summed E-state index contributed by atoms with van der Waals surface area (Å²) in [5.74, 6) is 0.817. The van der Waals surface area contributed by atoms with Gasteiger partial charge in [-0.3, -0.25) is 0 Å². The number of amides is 1. The third-order valence-electron chi connectivity index (χ3n) is 2.84. The van der Waals surface area contributed by atoms with Gasteiger partial charge in [0, 0.05) is 0 Å². The van der Waals surface area contributed by atoms with Crippen molar-refractivity contribution in [3.05, 3.63) is 11.8 Å². The molecule has 0 bridgehead atoms. The fraction of sp³-hybridized carbons (Fsp3) is 0.750. The minimum Gasteiger partial charge on any atom is -0.498 e. The fourth-order valence-electron chi connectivity index (χ4n) is 2.08. The summed E-state index contributed by atoms with van der Waals surface area (Å²) in [4.78, 5) is 13.4. The Labute approximate surface area is 101 Å². The number of nitrogens with zero attached hydrogens (tertiary/aromatic N) is 1. The molecule has 1 fully saturated rings. The summed E-state index contributed by atoms with van der Waals surface area (Å²) < 4.78 is 16.2. The number of methoxy groups -OCH3 is 1. The molecule has 0 aromatic heterocycles. The van der Waals surface area contributed by atoms with E-state index in [-0.39, 0.29) is 6.09 Å². The Morgan fingerprint density at radius 2 is 2.12 bits per heavy atom. The first kappa shape index (κ1) is 12.2. The van der Waals surface area contributed by atoms with Crippen molar-refractivity contribution in [1.29, 1.82) is 0 Å². The highest BCUT2D eigenvalue weighted by atomic mass is 16.6. The summed E-state index contributed by atoms with van der Waals surface area (Å²) in [5, 5.41) is 0. The van der Waals surface area contributed by atoms with Gasteiger partial charge in [-0.25, -0.2) is 4.79 Å². The smallest absolute Gasteiger partial charge is 0.410 e. The van der Waals surface area contributed by atoms with Gasteiger partial charge in [0.15, 0.2) is 5.60 Å². The standard InChI is InChI=1S/C12H19NO4/c1-11(2,3)17-10(14)13-7-12(8-13)9(15-4)5-6-16-12/h5H,6-8H2,1-4H3. The van der Waals surface area contributed by atoms with Crippen LogP contribution in [0.1, 0.15) is 20.8 Å². The second kappa shape index (κ2) is 3.91. The predicted octanol–water partition coefficient (Wildman–Crippen LogP) is 1.54. The molecule has 1 spiro atoms. The summed E-state index contributed by atoms with van der Waals surface area (Å²) in [5.41, 5.74) is -0.887. The number of rotatable bonds is 1. The number of ether oxygens (including phenoxy) is 3. The van der Waals surface area contributed by atoms with E-state index in [2.05, 4.69) is 0 Å². The maximum Gasteiger partial charge on any atom is 0.410 e. The first-order valence-electron chi connectivity index (χ1n) is 5.73. The minimum atomic E-state index is -0.462. The van der Waals surface area contributed by atoms with Crippen LogP contribution in [0.2, 0.25) is 0 Å². The molecule has 0 unspecified atom stereocenters. The van der Waals surface area contributed by atoms with Gasteiger partial charge < -0.3 is 19.1 Å². The summed E-state index contributed by atoms with van der Waals surface area (Å²) in [7, 11) is 1.62. The quantitative estimate of drug-likeness (QED) is 0.698. The third-order valence-corrected chi connectivity index (χ3v) is 2.84. The van der Waals surface area contributed by atoms with E-state index in [0.717, 1.165) is 5.76 Å². The van der Waals surface area contributed by atoms with Crippen LogP contribution in [0.5, 0.6) is 0 Å². The van der Waals surface area contributed by atoms with Crippen molar-refractivity contribution in [1.82, 2.24) is 4.90 Å². The number of carbonyl (C=O) groups is 1. The Morgan fingerprint density at radius 1 is 1.47 bits per heavy atom. The second-order valence-corrected chi connectivity index (χ2v) is 5.41. The van der Waals surface area contributed by atoms with Gasteiger partial charge in [0.25, 0.3) is 0 Å². The summed E-state index contributed by atoms with van der Waals surface area (Å²) in [6, 6.07) is 0. The second-order valence-electron chi connectivity index (χ2n) is 5.41. The lowest BCUT2D eigenvalue weighted by Crippen LogP contribution is -2.65. The van der Waals surface area contributed by atoms with Gasteiger partial charge in [0.2, 0.25) is 0 Å². The van der Waals surface area contributed by atoms with Crippen molar-refractivity contribution in [2.45, 2.75) is 32.0 Å². The van der Waals surface area contributed by atoms with Gasteiger partial charge in [0.1, 0.15) is 11.4 Å². The number of hydrogen-bond acceptors (Lipinski definition) is 4. The molecule has 2 rings (SSSR count). The van der Waals surface area contributed by atoms with Gasteiger partial charge in [-0.05, 0) is 26.8 Å². The number of carbonyl (C=O) groups excluding carboxylic acids is 1. The highest BCUT2D eigenvalue weighted by Gasteiger charge is 2.53. The lowest BCUT2D eigenvalue weighted by atomic mass is 9.93. The van der Waals surface area contributed by atoms with Crippen molar-refractivity contribution in [2.75, 3.05) is 26.8 Å². The lowest BCUT2D eigenvalue weighted by Gasteiger charge is -2.47. The van der Waals surface area contributed by atoms with Gasteiger partial charge in [-0.15, -0.1) is 0 Å². The van der Waals surface area contributed by atoms with Crippen LogP contribution in [0.25, 0.3) is 0 Å². The minimum absolute atomic E-state index is 0.297. The lowest BCUT2D eigenvalue weighted by molar-refractivity contribution is -0.115. The predicted molar refractivity (Wildman–Crippen MR) is 61.6 cm³/mol. The van der Waals surface area contributed by atoms with Crippen molar-refractivity contribution in [3.8, 4) is 0 Å². The van der Waals surface area contributed by atoms with Crippen molar-refractivity contribution in [3.63, 3.8) is 0 Å². The maximum atomic E-state index is 11.8. The molecule has 0 aliphatic carbocycles. The molecule has 0 atom stereocenters. The maximum absolute atomic E-state index is 11.8. The van der Waals surface area contributed by atoms with E-state index in [1.165, 1.54) is 0 Å². The molecule has 0 saturated carbocycles. The molecule has 0 aromatic carbocycles. The first-order chi connectivity index (χ1) is 7.86. The van der Waals surface area contributed by atoms with Gasteiger partial charge in [0.05, 0.1) is 26.8 Å². The van der Waals surface area contributed by atoms with Gasteiger partial charge >= 0.3 is 6.09 Å². The highest BCUT2D eigenvalue weighted by Crippen LogP contribution is 2.37. The zero-order chi connectivity index (χ0) is 12.7. The molecule has 5 heteroatoms. The summed E-state index contributed by atoms with van der Waals surface area (Å²) in [6.07, 6.45) is 1.61. The van der Waals surface area contributed by atoms with Crippen molar-refractivity contribution in [2.24, 2.45) is 0 Å². The number of hydrogen-bond donors (Lipinski definition) is 0. The molecule has 2 aliphatic rings. The van der Waals surface area contributed by atoms with E-state index >= 15 is 0 Å². The molecule has 17 heavy (non-hydrogen) atoms. The van der Waals surface area contributed by atoms with E-state index < -0.39 is 11.2 Å². The zero-order valence-electron chi connectivity index (χ0n) is 10.8. The van der Waals surface area contributed by atoms with Crippen molar-refractivity contribution >= 4 is 6.09 Å². The number of likely N-dealkylation sites (tertiary alicyclic amines) is 1. The Morgan fingerprint density at radius 3 is 2.65 bits per heavy atom. The van der Waals surface area contributed by atoms with Crippen LogP contribution >= 0.6 is 0 Å². The largest absolute Gasteiger partial charge is 0.498 e. The first-order valence-corrected chi connectivity index (χ1v) is 5.73. The Hall–Kier alpha value is -1.23. The van der Waals surface area contributed by atoms with Crippen LogP contribution in [-0.4, -0.2) is 49.0 Å². The molecule has 0 aromatic rings. The molecule has 5 nitrogen and oxygen atoms in total. The molecule has 0 N–H and O–H groups in total. The van der Waals surface area contributed by atoms with Crippen LogP contribution in [0.3, 0.4) is 0 Å². The average molecular weight is 241 g/mol. The molecular weight excluding hydrogens is 222 g/mol. The zero-order valence-corrected chi connectivity index (χ0v) is 10.8. The molecule has 2 heterocycles. The molecule has 2 aliphatic heterocycles. The molecule has 96 valence electrons. The topological polar surface area (TPSA) is 48.0 Å². The normalized spacial score (nSPS) is 22.1. The van der Waals surface area contributed by atoms with E-state index in [9.17, 15) is 4.79 Å². The van der Waals surface area contributed by atoms with Gasteiger partial charge in [-0.1, -0.05) is 0 Å². The van der Waals surface area contributed by atoms with Crippen molar-refractivity contribution < 1.29 is 19.0 Å². The third kappa shape index (κ3) is 2.24. The fourth-order valence-corrected chi connectivity index (χ4v) is 2.08. The van der Waals surface area contributed by atoms with Crippen LogP contribution in [0.4, 0.5) is 4.79 Å². The van der Waals surface area contributed by atoms with E-state index in [1.807, 2.05) is 26.8 Å². The Bertz CT molecular complexity index is 350. The molecular formula is C12H19NO4. The van der Waals surface area contributed by atoms with Gasteiger partial charge in [-0.2, -0.15) is 0 Å². The average Bonchev–Trinajstić information content (AvgIpc) is 2.55. The Balaban J connectivity index is 1.91. The SMILES string of the molecule is COC1=CCOC12CN(C(=O)OC(C)(C)C)C2. The summed E-state index contributed by atoms with van der Waals surface area (Å²) in [6.45, 7) is 7.11. The van der Waals surface area contributed by atoms with Crippen LogP contribution < -0.4 is 0 Å². The van der Waals surface area contributed by atoms with E-state index in [1.54, 1.807) is 12.0 Å². The van der Waals surface area contributed by atoms with Crippen LogP contribution in [0, 0.1) is 0 Å². The Kier molecular flexibility index (Phi) is 2.81. The van der Waals surface area contributed by atoms with E-state index in [4.69, 9.17) is 14.2 Å². The molecule has 1 amide bonds. The monoisotopic (exact) mass is 241 g/mol. The van der Waals surface area contributed by atoms with Crippen LogP contribution in [-0.2, 0) is 14.2 Å². The van der Waals surface area contributed by atoms with Crippen LogP contribution in [0.15, 0.2) is 11.8 Å².